The molecule has 0 radical (unpaired) electrons. The molecule has 2 N–H and O–H groups in total. The highest BCUT2D eigenvalue weighted by Gasteiger charge is 2.54. The SMILES string of the molecule is NC12C[C@@H]3CC(C[C@@H](C3)C1)C2=O. The number of Topliss-reactive ketones (excluding diaryl/α,β-unsaturated/α-hetero) is 1. The summed E-state index contributed by atoms with van der Waals surface area (Å²) in [6.45, 7) is 0. The van der Waals surface area contributed by atoms with E-state index in [1.54, 1.807) is 0 Å². The Kier molecular flexibility index (Phi) is 1.13. The Hall–Kier alpha value is -0.370. The lowest BCUT2D eigenvalue weighted by Gasteiger charge is -2.53. The number of carbonyl (C=O) groups is 1. The quantitative estimate of drug-likeness (QED) is 0.584. The Balaban J connectivity index is 2.02. The molecule has 0 heterocycles. The van der Waals surface area contributed by atoms with Crippen LogP contribution in [0.25, 0.3) is 0 Å². The summed E-state index contributed by atoms with van der Waals surface area (Å²) >= 11 is 0. The molecule has 2 unspecified atom stereocenters. The Morgan fingerprint density at radius 3 is 2.25 bits per heavy atom. The summed E-state index contributed by atoms with van der Waals surface area (Å²) in [6.07, 6.45) is 5.61. The van der Waals surface area contributed by atoms with E-state index in [-0.39, 0.29) is 5.54 Å². The van der Waals surface area contributed by atoms with E-state index in [9.17, 15) is 4.79 Å². The number of nitrogens with two attached hydrogens (primary N) is 1. The molecule has 4 fully saturated rings. The van der Waals surface area contributed by atoms with E-state index in [1.807, 2.05) is 0 Å². The maximum absolute atomic E-state index is 11.8. The molecule has 4 aliphatic carbocycles. The van der Waals surface area contributed by atoms with Crippen molar-refractivity contribution in [1.82, 2.24) is 0 Å². The molecule has 12 heavy (non-hydrogen) atoms. The van der Waals surface area contributed by atoms with Gasteiger partial charge in [0.15, 0.2) is 5.78 Å². The maximum Gasteiger partial charge on any atom is 0.155 e. The van der Waals surface area contributed by atoms with Crippen LogP contribution in [-0.4, -0.2) is 11.3 Å². The molecular weight excluding hydrogens is 150 g/mol. The normalized spacial score (nSPS) is 56.4. The zero-order valence-electron chi connectivity index (χ0n) is 7.25. The lowest BCUT2D eigenvalue weighted by molar-refractivity contribution is -0.142. The number of hydrogen-bond donors (Lipinski definition) is 1. The second-order valence-corrected chi connectivity index (χ2v) is 5.06. The minimum atomic E-state index is -0.380. The van der Waals surface area contributed by atoms with E-state index in [4.69, 9.17) is 5.73 Å². The van der Waals surface area contributed by atoms with Gasteiger partial charge < -0.3 is 5.73 Å². The van der Waals surface area contributed by atoms with Crippen molar-refractivity contribution in [2.24, 2.45) is 23.5 Å². The van der Waals surface area contributed by atoms with Gasteiger partial charge in [-0.2, -0.15) is 0 Å². The summed E-state index contributed by atoms with van der Waals surface area (Å²) in [4.78, 5) is 11.8. The van der Waals surface area contributed by atoms with Gasteiger partial charge in [0.2, 0.25) is 0 Å². The van der Waals surface area contributed by atoms with Gasteiger partial charge >= 0.3 is 0 Å². The van der Waals surface area contributed by atoms with Crippen molar-refractivity contribution in [3.63, 3.8) is 0 Å². The van der Waals surface area contributed by atoms with Crippen molar-refractivity contribution in [1.29, 1.82) is 0 Å². The lowest BCUT2D eigenvalue weighted by Crippen LogP contribution is -2.62. The van der Waals surface area contributed by atoms with Crippen LogP contribution in [0.15, 0.2) is 0 Å². The molecule has 4 saturated carbocycles. The molecule has 4 rings (SSSR count). The Morgan fingerprint density at radius 2 is 1.75 bits per heavy atom. The second-order valence-electron chi connectivity index (χ2n) is 5.06. The fourth-order valence-electron chi connectivity index (χ4n) is 3.83. The zero-order valence-corrected chi connectivity index (χ0v) is 7.25. The molecule has 0 spiro atoms. The van der Waals surface area contributed by atoms with Crippen molar-refractivity contribution in [2.75, 3.05) is 0 Å². The van der Waals surface area contributed by atoms with Crippen molar-refractivity contribution in [3.8, 4) is 0 Å². The van der Waals surface area contributed by atoms with Crippen LogP contribution in [0, 0.1) is 17.8 Å². The first-order valence-corrected chi connectivity index (χ1v) is 5.00. The van der Waals surface area contributed by atoms with Crippen LogP contribution in [0.3, 0.4) is 0 Å². The molecule has 0 aliphatic heterocycles. The van der Waals surface area contributed by atoms with Crippen molar-refractivity contribution >= 4 is 5.78 Å². The molecule has 4 aliphatic rings. The predicted octanol–water partition coefficient (Wildman–Crippen LogP) is 1.09. The number of carbonyl (C=O) groups excluding carboxylic acids is 1. The molecule has 4 bridgehead atoms. The van der Waals surface area contributed by atoms with Gasteiger partial charge in [0.05, 0.1) is 5.54 Å². The average Bonchev–Trinajstić information content (AvgIpc) is 1.98. The third-order valence-corrected chi connectivity index (χ3v) is 4.07. The summed E-state index contributed by atoms with van der Waals surface area (Å²) in [5.74, 6) is 2.30. The van der Waals surface area contributed by atoms with Crippen molar-refractivity contribution < 1.29 is 4.79 Å². The molecule has 0 aromatic carbocycles. The number of ketones is 1. The molecule has 4 atom stereocenters. The summed E-state index contributed by atoms with van der Waals surface area (Å²) in [7, 11) is 0. The van der Waals surface area contributed by atoms with Gasteiger partial charge in [-0.25, -0.2) is 0 Å². The van der Waals surface area contributed by atoms with E-state index in [0.717, 1.165) is 37.5 Å². The second kappa shape index (κ2) is 1.92. The maximum atomic E-state index is 11.8. The third-order valence-electron chi connectivity index (χ3n) is 4.07. The average molecular weight is 165 g/mol. The van der Waals surface area contributed by atoms with Gasteiger partial charge in [-0.15, -0.1) is 0 Å². The Labute approximate surface area is 72.5 Å². The molecule has 0 aromatic rings. The van der Waals surface area contributed by atoms with Crippen LogP contribution in [0.1, 0.15) is 32.1 Å². The fourth-order valence-corrected chi connectivity index (χ4v) is 3.83. The van der Waals surface area contributed by atoms with Gasteiger partial charge in [-0.05, 0) is 43.9 Å². The lowest BCUT2D eigenvalue weighted by atomic mass is 9.52. The van der Waals surface area contributed by atoms with Crippen LogP contribution in [0.4, 0.5) is 0 Å². The van der Waals surface area contributed by atoms with Crippen molar-refractivity contribution in [2.45, 2.75) is 37.6 Å². The minimum absolute atomic E-state index is 0.348. The Bertz CT molecular complexity index is 234. The molecular formula is C10H15NO. The van der Waals surface area contributed by atoms with E-state index < -0.39 is 0 Å². The minimum Gasteiger partial charge on any atom is -0.319 e. The van der Waals surface area contributed by atoms with Gasteiger partial charge in [0.1, 0.15) is 0 Å². The summed E-state index contributed by atoms with van der Waals surface area (Å²) in [6, 6.07) is 0. The summed E-state index contributed by atoms with van der Waals surface area (Å²) in [5.41, 5.74) is 5.73. The monoisotopic (exact) mass is 165 g/mol. The summed E-state index contributed by atoms with van der Waals surface area (Å²) in [5, 5.41) is 0. The Morgan fingerprint density at radius 1 is 1.17 bits per heavy atom. The smallest absolute Gasteiger partial charge is 0.155 e. The largest absolute Gasteiger partial charge is 0.319 e. The fraction of sp³-hybridized carbons (Fsp3) is 0.900. The van der Waals surface area contributed by atoms with Gasteiger partial charge in [-0.1, -0.05) is 0 Å². The highest BCUT2D eigenvalue weighted by Crippen LogP contribution is 2.52. The van der Waals surface area contributed by atoms with E-state index in [1.165, 1.54) is 6.42 Å². The molecule has 2 nitrogen and oxygen atoms in total. The molecule has 0 saturated heterocycles. The van der Waals surface area contributed by atoms with E-state index in [0.29, 0.717) is 11.7 Å². The first kappa shape index (κ1) is 7.07. The van der Waals surface area contributed by atoms with Gasteiger partial charge in [0, 0.05) is 5.92 Å². The first-order valence-electron chi connectivity index (χ1n) is 5.00. The zero-order chi connectivity index (χ0) is 8.34. The topological polar surface area (TPSA) is 43.1 Å². The van der Waals surface area contributed by atoms with Crippen LogP contribution in [-0.2, 0) is 4.79 Å². The first-order chi connectivity index (χ1) is 5.67. The van der Waals surface area contributed by atoms with Gasteiger partial charge in [0.25, 0.3) is 0 Å². The summed E-state index contributed by atoms with van der Waals surface area (Å²) < 4.78 is 0. The molecule has 0 amide bonds. The van der Waals surface area contributed by atoms with Crippen LogP contribution >= 0.6 is 0 Å². The van der Waals surface area contributed by atoms with E-state index in [2.05, 4.69) is 0 Å². The molecule has 0 aromatic heterocycles. The highest BCUT2D eigenvalue weighted by atomic mass is 16.1. The van der Waals surface area contributed by atoms with E-state index >= 15 is 0 Å². The molecule has 66 valence electrons. The number of rotatable bonds is 0. The van der Waals surface area contributed by atoms with Crippen molar-refractivity contribution in [3.05, 3.63) is 0 Å². The standard InChI is InChI=1S/C10H15NO/c11-10-4-6-1-7(5-10)3-8(2-6)9(10)12/h6-8H,1-5,11H2/t6-,7+,8?,10?. The molecule has 2 heteroatoms. The van der Waals surface area contributed by atoms with Crippen LogP contribution in [0.5, 0.6) is 0 Å². The third kappa shape index (κ3) is 0.717. The number of hydrogen-bond acceptors (Lipinski definition) is 2. The van der Waals surface area contributed by atoms with Gasteiger partial charge in [-0.3, -0.25) is 4.79 Å². The van der Waals surface area contributed by atoms with Crippen LogP contribution in [0.2, 0.25) is 0 Å². The predicted molar refractivity (Wildman–Crippen MR) is 45.5 cm³/mol. The highest BCUT2D eigenvalue weighted by molar-refractivity contribution is 5.92. The van der Waals surface area contributed by atoms with Crippen LogP contribution < -0.4 is 5.73 Å².